The van der Waals surface area contributed by atoms with Gasteiger partial charge in [-0.2, -0.15) is 0 Å². The number of phenols is 1. The molecule has 0 amide bonds. The Morgan fingerprint density at radius 3 is 2.40 bits per heavy atom. The van der Waals surface area contributed by atoms with Gasteiger partial charge in [-0.15, -0.1) is 0 Å². The molecule has 230 valence electrons. The van der Waals surface area contributed by atoms with Gasteiger partial charge >= 0.3 is 0 Å². The van der Waals surface area contributed by atoms with Crippen molar-refractivity contribution in [3.8, 4) is 28.7 Å². The van der Waals surface area contributed by atoms with Crippen LogP contribution in [0.4, 0.5) is 0 Å². The van der Waals surface area contributed by atoms with Gasteiger partial charge in [0.2, 0.25) is 12.6 Å². The third kappa shape index (κ3) is 5.46. The molecule has 9 atom stereocenters. The molecular weight excluding hydrogens is 564 g/mol. The lowest BCUT2D eigenvalue weighted by atomic mass is 9.95. The number of benzene rings is 2. The van der Waals surface area contributed by atoms with Gasteiger partial charge in [0.25, 0.3) is 0 Å². The topological polar surface area (TPSA) is 234 Å². The average molecular weight is 597 g/mol. The normalized spacial score (nSPS) is 34.4. The summed E-state index contributed by atoms with van der Waals surface area (Å²) in [5.74, 6) is -0.711. The number of ether oxygens (including phenoxy) is 6. The lowest BCUT2D eigenvalue weighted by Gasteiger charge is -2.39. The fourth-order valence-corrected chi connectivity index (χ4v) is 4.97. The highest BCUT2D eigenvalue weighted by Gasteiger charge is 2.49. The second-order valence-corrected chi connectivity index (χ2v) is 10.3. The number of hydrogen-bond acceptors (Lipinski definition) is 15. The first kappa shape index (κ1) is 30.2. The van der Waals surface area contributed by atoms with Crippen molar-refractivity contribution in [2.45, 2.75) is 61.2 Å². The van der Waals surface area contributed by atoms with Crippen molar-refractivity contribution in [3.63, 3.8) is 0 Å². The first-order valence-electron chi connectivity index (χ1n) is 13.0. The van der Waals surface area contributed by atoms with E-state index in [-0.39, 0.29) is 41.6 Å². The Kier molecular flexibility index (Phi) is 8.48. The third-order valence-corrected chi connectivity index (χ3v) is 7.46. The van der Waals surface area contributed by atoms with Gasteiger partial charge in [-0.25, -0.2) is 0 Å². The molecule has 0 spiro atoms. The van der Waals surface area contributed by atoms with Gasteiger partial charge in [0.1, 0.15) is 65.0 Å². The summed E-state index contributed by atoms with van der Waals surface area (Å²) in [5, 5.41) is 80.1. The minimum atomic E-state index is -1.88. The molecule has 2 aromatic carbocycles. The molecule has 0 saturated carbocycles. The standard InChI is InChI=1S/C27H32O15/c1-37-17-4-11(2-3-15(17)41-26-24(35)27(36,9-29)10-38-26)16-7-14(31)20-13(30)5-12(6-18(20)40-16)39-25-23(34)22(33)21(32)19(8-28)42-25/h2-6,16,19,21-26,28-30,32-36H,7-10H2,1H3/t16?,19-,21-,22+,23-,24+,25-,26+,27-/m1/s1. The van der Waals surface area contributed by atoms with Crippen molar-refractivity contribution >= 4 is 5.78 Å². The highest BCUT2D eigenvalue weighted by Crippen LogP contribution is 2.44. The first-order valence-corrected chi connectivity index (χ1v) is 13.0. The van der Waals surface area contributed by atoms with Crippen LogP contribution < -0.4 is 18.9 Å². The highest BCUT2D eigenvalue weighted by atomic mass is 16.7. The molecule has 2 fully saturated rings. The molecule has 3 aliphatic heterocycles. The molecule has 42 heavy (non-hydrogen) atoms. The Balaban J connectivity index is 1.35. The van der Waals surface area contributed by atoms with E-state index in [0.717, 1.165) is 6.07 Å². The Hall–Kier alpha value is -3.25. The fraction of sp³-hybridized carbons (Fsp3) is 0.519. The lowest BCUT2D eigenvalue weighted by molar-refractivity contribution is -0.277. The molecule has 15 heteroatoms. The van der Waals surface area contributed by atoms with Crippen LogP contribution in [0.15, 0.2) is 30.3 Å². The van der Waals surface area contributed by atoms with Crippen LogP contribution in [-0.4, -0.2) is 122 Å². The van der Waals surface area contributed by atoms with E-state index in [2.05, 4.69) is 0 Å². The molecule has 0 bridgehead atoms. The van der Waals surface area contributed by atoms with Crippen molar-refractivity contribution in [2.24, 2.45) is 0 Å². The van der Waals surface area contributed by atoms with Gasteiger partial charge in [0, 0.05) is 12.1 Å². The summed E-state index contributed by atoms with van der Waals surface area (Å²) in [6.45, 7) is -1.74. The Morgan fingerprint density at radius 1 is 0.976 bits per heavy atom. The second-order valence-electron chi connectivity index (χ2n) is 10.3. The minimum absolute atomic E-state index is 0.0408. The molecule has 1 unspecified atom stereocenters. The number of phenolic OH excluding ortho intramolecular Hbond substituents is 1. The minimum Gasteiger partial charge on any atom is -0.507 e. The van der Waals surface area contributed by atoms with Crippen molar-refractivity contribution in [3.05, 3.63) is 41.5 Å². The van der Waals surface area contributed by atoms with Gasteiger partial charge in [-0.3, -0.25) is 4.79 Å². The van der Waals surface area contributed by atoms with E-state index in [0.29, 0.717) is 5.56 Å². The number of fused-ring (bicyclic) bond motifs is 1. The molecule has 3 heterocycles. The number of ketones is 1. The van der Waals surface area contributed by atoms with Gasteiger partial charge < -0.3 is 69.3 Å². The fourth-order valence-electron chi connectivity index (χ4n) is 4.97. The summed E-state index contributed by atoms with van der Waals surface area (Å²) in [7, 11) is 1.37. The van der Waals surface area contributed by atoms with Crippen molar-refractivity contribution in [1.29, 1.82) is 0 Å². The molecule has 5 rings (SSSR count). The summed E-state index contributed by atoms with van der Waals surface area (Å²) < 4.78 is 33.3. The summed E-state index contributed by atoms with van der Waals surface area (Å²) in [6, 6.07) is 6.99. The quantitative estimate of drug-likeness (QED) is 0.166. The number of carbonyl (C=O) groups excluding carboxylic acids is 1. The molecule has 3 aliphatic rings. The van der Waals surface area contributed by atoms with Gasteiger partial charge in [-0.1, -0.05) is 6.07 Å². The molecule has 2 saturated heterocycles. The largest absolute Gasteiger partial charge is 0.507 e. The summed E-state index contributed by atoms with van der Waals surface area (Å²) in [6.07, 6.45) is -11.5. The van der Waals surface area contributed by atoms with Crippen LogP contribution in [0.5, 0.6) is 28.7 Å². The Labute approximate surface area is 238 Å². The summed E-state index contributed by atoms with van der Waals surface area (Å²) in [4.78, 5) is 13.0. The molecule has 0 radical (unpaired) electrons. The van der Waals surface area contributed by atoms with Crippen LogP contribution in [-0.2, 0) is 9.47 Å². The van der Waals surface area contributed by atoms with Crippen molar-refractivity contribution in [1.82, 2.24) is 0 Å². The van der Waals surface area contributed by atoms with E-state index in [1.54, 1.807) is 6.07 Å². The molecule has 2 aromatic rings. The zero-order valence-electron chi connectivity index (χ0n) is 22.3. The lowest BCUT2D eigenvalue weighted by Crippen LogP contribution is -2.60. The zero-order valence-corrected chi connectivity index (χ0v) is 22.3. The van der Waals surface area contributed by atoms with E-state index >= 15 is 0 Å². The second kappa shape index (κ2) is 11.8. The monoisotopic (exact) mass is 596 g/mol. The predicted octanol–water partition coefficient (Wildman–Crippen LogP) is -1.89. The molecule has 0 aromatic heterocycles. The number of methoxy groups -OCH3 is 1. The predicted molar refractivity (Wildman–Crippen MR) is 136 cm³/mol. The number of aliphatic hydroxyl groups excluding tert-OH is 6. The van der Waals surface area contributed by atoms with E-state index in [4.69, 9.17) is 28.4 Å². The Bertz CT molecular complexity index is 1300. The van der Waals surface area contributed by atoms with Crippen molar-refractivity contribution in [2.75, 3.05) is 26.9 Å². The SMILES string of the molecule is COc1cc(C2CC(=O)c3c(O)cc(O[C@@H]4O[C@H](CO)[C@@H](O)[C@H](O)[C@H]4O)cc3O2)ccc1O[C@@H]1OC[C@](O)(CO)[C@H]1O. The third-order valence-electron chi connectivity index (χ3n) is 7.46. The number of carbonyl (C=O) groups is 1. The highest BCUT2D eigenvalue weighted by molar-refractivity contribution is 6.02. The number of hydrogen-bond donors (Lipinski definition) is 8. The van der Waals surface area contributed by atoms with E-state index in [9.17, 15) is 45.6 Å². The molecule has 15 nitrogen and oxygen atoms in total. The first-order chi connectivity index (χ1) is 20.0. The van der Waals surface area contributed by atoms with Crippen LogP contribution in [0.3, 0.4) is 0 Å². The molecule has 0 aliphatic carbocycles. The number of Topliss-reactive ketones (excluding diaryl/α,β-unsaturated/α-hetero) is 1. The van der Waals surface area contributed by atoms with Crippen LogP contribution in [0.2, 0.25) is 0 Å². The number of aliphatic hydroxyl groups is 7. The smallest absolute Gasteiger partial charge is 0.229 e. The Morgan fingerprint density at radius 2 is 1.74 bits per heavy atom. The van der Waals surface area contributed by atoms with E-state index < -0.39 is 79.6 Å². The van der Waals surface area contributed by atoms with Crippen molar-refractivity contribution < 1.29 is 74.1 Å². The van der Waals surface area contributed by atoms with E-state index in [1.807, 2.05) is 0 Å². The number of rotatable bonds is 8. The summed E-state index contributed by atoms with van der Waals surface area (Å²) in [5.41, 5.74) is -1.49. The maximum Gasteiger partial charge on any atom is 0.229 e. The van der Waals surface area contributed by atoms with Gasteiger partial charge in [0.15, 0.2) is 17.3 Å². The van der Waals surface area contributed by atoms with Gasteiger partial charge in [0.05, 0.1) is 33.4 Å². The van der Waals surface area contributed by atoms with Crippen LogP contribution in [0.25, 0.3) is 0 Å². The van der Waals surface area contributed by atoms with Crippen LogP contribution >= 0.6 is 0 Å². The maximum atomic E-state index is 13.0. The summed E-state index contributed by atoms with van der Waals surface area (Å²) >= 11 is 0. The van der Waals surface area contributed by atoms with Gasteiger partial charge in [-0.05, 0) is 17.7 Å². The average Bonchev–Trinajstić information content (AvgIpc) is 3.26. The zero-order chi connectivity index (χ0) is 30.3. The molecule has 8 N–H and O–H groups in total. The van der Waals surface area contributed by atoms with Crippen LogP contribution in [0, 0.1) is 0 Å². The maximum absolute atomic E-state index is 13.0. The van der Waals surface area contributed by atoms with E-state index in [1.165, 1.54) is 25.3 Å². The van der Waals surface area contributed by atoms with Crippen LogP contribution in [0.1, 0.15) is 28.4 Å². The number of aromatic hydroxyl groups is 1. The molecular formula is C27H32O15.